The van der Waals surface area contributed by atoms with E-state index in [0.717, 1.165) is 0 Å². The summed E-state index contributed by atoms with van der Waals surface area (Å²) < 4.78 is 0. The lowest BCUT2D eigenvalue weighted by molar-refractivity contribution is -0.123. The SMILES string of the molecule is NC1C=CC(C(=O)NCCCO)C1. The van der Waals surface area contributed by atoms with Crippen molar-refractivity contribution in [3.05, 3.63) is 12.2 Å². The van der Waals surface area contributed by atoms with Gasteiger partial charge in [0.25, 0.3) is 0 Å². The number of carbonyl (C=O) groups is 1. The van der Waals surface area contributed by atoms with E-state index in [1.54, 1.807) is 0 Å². The van der Waals surface area contributed by atoms with Crippen molar-refractivity contribution < 1.29 is 9.90 Å². The van der Waals surface area contributed by atoms with E-state index >= 15 is 0 Å². The molecule has 74 valence electrons. The predicted octanol–water partition coefficient (Wildman–Crippen LogP) is -0.612. The average Bonchev–Trinajstić information content (AvgIpc) is 2.52. The van der Waals surface area contributed by atoms with Gasteiger partial charge in [-0.15, -0.1) is 0 Å². The minimum absolute atomic E-state index is 0.0117. The molecule has 13 heavy (non-hydrogen) atoms. The molecule has 0 aromatic rings. The molecule has 1 amide bonds. The van der Waals surface area contributed by atoms with Crippen LogP contribution in [0.2, 0.25) is 0 Å². The maximum Gasteiger partial charge on any atom is 0.226 e. The molecule has 4 heteroatoms. The second kappa shape index (κ2) is 4.99. The molecule has 4 N–H and O–H groups in total. The Balaban J connectivity index is 2.21. The first-order valence-electron chi connectivity index (χ1n) is 4.56. The van der Waals surface area contributed by atoms with Crippen LogP contribution in [-0.4, -0.2) is 30.2 Å². The summed E-state index contributed by atoms with van der Waals surface area (Å²) in [6, 6.07) is 0.0218. The lowest BCUT2D eigenvalue weighted by Gasteiger charge is -2.09. The van der Waals surface area contributed by atoms with Gasteiger partial charge in [0.1, 0.15) is 0 Å². The van der Waals surface area contributed by atoms with E-state index in [9.17, 15) is 4.79 Å². The number of hydrogen-bond donors (Lipinski definition) is 3. The summed E-state index contributed by atoms with van der Waals surface area (Å²) in [6.45, 7) is 0.648. The van der Waals surface area contributed by atoms with E-state index in [1.807, 2.05) is 12.2 Å². The van der Waals surface area contributed by atoms with Crippen molar-refractivity contribution in [3.8, 4) is 0 Å². The zero-order valence-electron chi connectivity index (χ0n) is 7.57. The summed E-state index contributed by atoms with van der Waals surface area (Å²) in [5, 5.41) is 11.2. The zero-order chi connectivity index (χ0) is 9.68. The Kier molecular flexibility index (Phi) is 3.92. The van der Waals surface area contributed by atoms with Gasteiger partial charge in [0.05, 0.1) is 5.92 Å². The van der Waals surface area contributed by atoms with Gasteiger partial charge < -0.3 is 16.2 Å². The van der Waals surface area contributed by atoms with Gasteiger partial charge in [-0.2, -0.15) is 0 Å². The van der Waals surface area contributed by atoms with E-state index in [0.29, 0.717) is 19.4 Å². The maximum absolute atomic E-state index is 11.4. The number of hydrogen-bond acceptors (Lipinski definition) is 3. The highest BCUT2D eigenvalue weighted by molar-refractivity contribution is 5.81. The van der Waals surface area contributed by atoms with E-state index < -0.39 is 0 Å². The van der Waals surface area contributed by atoms with Crippen LogP contribution in [-0.2, 0) is 4.79 Å². The third-order valence-electron chi connectivity index (χ3n) is 2.09. The fourth-order valence-corrected chi connectivity index (χ4v) is 1.34. The highest BCUT2D eigenvalue weighted by Crippen LogP contribution is 2.15. The van der Waals surface area contributed by atoms with Crippen molar-refractivity contribution in [1.29, 1.82) is 0 Å². The van der Waals surface area contributed by atoms with Gasteiger partial charge in [-0.25, -0.2) is 0 Å². The Labute approximate surface area is 77.8 Å². The summed E-state index contributed by atoms with van der Waals surface area (Å²) >= 11 is 0. The first-order chi connectivity index (χ1) is 6.24. The maximum atomic E-state index is 11.4. The number of nitrogens with one attached hydrogen (secondary N) is 1. The minimum Gasteiger partial charge on any atom is -0.396 e. The molecule has 1 aliphatic rings. The Morgan fingerprint density at radius 2 is 2.38 bits per heavy atom. The zero-order valence-corrected chi connectivity index (χ0v) is 7.57. The van der Waals surface area contributed by atoms with Gasteiger partial charge in [-0.1, -0.05) is 12.2 Å². The molecular weight excluding hydrogens is 168 g/mol. The Bertz CT molecular complexity index is 204. The summed E-state index contributed by atoms with van der Waals surface area (Å²) in [5.41, 5.74) is 5.61. The van der Waals surface area contributed by atoms with E-state index in [1.165, 1.54) is 0 Å². The molecule has 0 saturated carbocycles. The molecule has 0 radical (unpaired) electrons. The summed E-state index contributed by atoms with van der Waals surface area (Å²) in [4.78, 5) is 11.4. The van der Waals surface area contributed by atoms with Gasteiger partial charge in [0.2, 0.25) is 5.91 Å². The fourth-order valence-electron chi connectivity index (χ4n) is 1.34. The highest BCUT2D eigenvalue weighted by atomic mass is 16.3. The van der Waals surface area contributed by atoms with Crippen molar-refractivity contribution in [2.45, 2.75) is 18.9 Å². The van der Waals surface area contributed by atoms with Crippen molar-refractivity contribution >= 4 is 5.91 Å². The van der Waals surface area contributed by atoms with Crippen molar-refractivity contribution in [2.24, 2.45) is 11.7 Å². The average molecular weight is 184 g/mol. The van der Waals surface area contributed by atoms with Crippen LogP contribution in [0.1, 0.15) is 12.8 Å². The van der Waals surface area contributed by atoms with Crippen LogP contribution in [0, 0.1) is 5.92 Å². The Morgan fingerprint density at radius 1 is 1.62 bits per heavy atom. The standard InChI is InChI=1S/C9H16N2O2/c10-8-3-2-7(6-8)9(13)11-4-1-5-12/h2-3,7-8,12H,1,4-6,10H2,(H,11,13). The monoisotopic (exact) mass is 184 g/mol. The molecule has 1 rings (SSSR count). The van der Waals surface area contributed by atoms with Crippen LogP contribution in [0.3, 0.4) is 0 Å². The third-order valence-corrected chi connectivity index (χ3v) is 2.09. The van der Waals surface area contributed by atoms with Gasteiger partial charge >= 0.3 is 0 Å². The topological polar surface area (TPSA) is 75.4 Å². The first kappa shape index (κ1) is 10.2. The lowest BCUT2D eigenvalue weighted by atomic mass is 10.1. The van der Waals surface area contributed by atoms with Gasteiger partial charge in [-0.05, 0) is 12.8 Å². The molecule has 1 aliphatic carbocycles. The Hall–Kier alpha value is -0.870. The number of nitrogens with two attached hydrogens (primary N) is 1. The van der Waals surface area contributed by atoms with Crippen molar-refractivity contribution in [3.63, 3.8) is 0 Å². The summed E-state index contributed by atoms with van der Waals surface area (Å²) in [7, 11) is 0. The molecule has 4 nitrogen and oxygen atoms in total. The summed E-state index contributed by atoms with van der Waals surface area (Å²) in [6.07, 6.45) is 5.01. The Morgan fingerprint density at radius 3 is 2.92 bits per heavy atom. The van der Waals surface area contributed by atoms with E-state index in [2.05, 4.69) is 5.32 Å². The molecule has 0 aromatic heterocycles. The minimum atomic E-state index is -0.0753. The highest BCUT2D eigenvalue weighted by Gasteiger charge is 2.21. The van der Waals surface area contributed by atoms with Gasteiger partial charge in [-0.3, -0.25) is 4.79 Å². The first-order valence-corrected chi connectivity index (χ1v) is 4.56. The molecule has 0 fully saturated rings. The fraction of sp³-hybridized carbons (Fsp3) is 0.667. The number of amides is 1. The number of aliphatic hydroxyl groups excluding tert-OH is 1. The second-order valence-electron chi connectivity index (χ2n) is 3.26. The smallest absolute Gasteiger partial charge is 0.226 e. The van der Waals surface area contributed by atoms with Crippen LogP contribution in [0.25, 0.3) is 0 Å². The van der Waals surface area contributed by atoms with Crippen LogP contribution in [0.15, 0.2) is 12.2 Å². The molecule has 0 heterocycles. The van der Waals surface area contributed by atoms with Crippen molar-refractivity contribution in [1.82, 2.24) is 5.32 Å². The molecule has 0 bridgehead atoms. The number of carbonyl (C=O) groups excluding carboxylic acids is 1. The normalized spacial score (nSPS) is 26.3. The van der Waals surface area contributed by atoms with Gasteiger partial charge in [0, 0.05) is 19.2 Å². The largest absolute Gasteiger partial charge is 0.396 e. The third kappa shape index (κ3) is 3.16. The van der Waals surface area contributed by atoms with Crippen LogP contribution in [0.4, 0.5) is 0 Å². The van der Waals surface area contributed by atoms with Crippen LogP contribution in [0.5, 0.6) is 0 Å². The van der Waals surface area contributed by atoms with Gasteiger partial charge in [0.15, 0.2) is 0 Å². The van der Waals surface area contributed by atoms with E-state index in [-0.39, 0.29) is 24.5 Å². The molecule has 0 aromatic carbocycles. The molecule has 2 unspecified atom stereocenters. The molecule has 0 saturated heterocycles. The molecule has 2 atom stereocenters. The number of aliphatic hydroxyl groups is 1. The lowest BCUT2D eigenvalue weighted by Crippen LogP contribution is -2.31. The van der Waals surface area contributed by atoms with Crippen LogP contribution < -0.4 is 11.1 Å². The molecule has 0 spiro atoms. The van der Waals surface area contributed by atoms with Crippen LogP contribution >= 0.6 is 0 Å². The van der Waals surface area contributed by atoms with Crippen molar-refractivity contribution in [2.75, 3.05) is 13.2 Å². The predicted molar refractivity (Wildman–Crippen MR) is 49.9 cm³/mol. The molecular formula is C9H16N2O2. The second-order valence-corrected chi connectivity index (χ2v) is 3.26. The quantitative estimate of drug-likeness (QED) is 0.403. The molecule has 0 aliphatic heterocycles. The summed E-state index contributed by atoms with van der Waals surface area (Å²) in [5.74, 6) is -0.0636. The number of rotatable bonds is 4. The van der Waals surface area contributed by atoms with E-state index in [4.69, 9.17) is 10.8 Å².